The molecule has 4 rings (SSSR count). The number of benzene rings is 1. The van der Waals surface area contributed by atoms with Gasteiger partial charge in [0.25, 0.3) is 11.6 Å². The Balaban J connectivity index is 1.67. The van der Waals surface area contributed by atoms with Gasteiger partial charge in [0.15, 0.2) is 11.5 Å². The van der Waals surface area contributed by atoms with Gasteiger partial charge in [-0.05, 0) is 43.5 Å². The van der Waals surface area contributed by atoms with E-state index in [1.807, 2.05) is 0 Å². The monoisotopic (exact) mass is 438 g/mol. The number of aromatic amines is 1. The molecule has 31 heavy (non-hydrogen) atoms. The number of rotatable bonds is 4. The van der Waals surface area contributed by atoms with Crippen molar-refractivity contribution in [2.75, 3.05) is 14.2 Å². The topological polar surface area (TPSA) is 100 Å². The Bertz CT molecular complexity index is 1040. The molecule has 1 saturated carbocycles. The lowest BCUT2D eigenvalue weighted by Crippen LogP contribution is -2.61. The normalized spacial score (nSPS) is 23.4. The highest BCUT2D eigenvalue weighted by Gasteiger charge is 2.68. The van der Waals surface area contributed by atoms with Crippen LogP contribution in [0.3, 0.4) is 0 Å². The van der Waals surface area contributed by atoms with Crippen LogP contribution in [0.2, 0.25) is 0 Å². The molecule has 1 aliphatic carbocycles. The number of amides is 1. The Labute approximate surface area is 175 Å². The first-order valence-corrected chi connectivity index (χ1v) is 9.69. The van der Waals surface area contributed by atoms with E-state index in [0.29, 0.717) is 42.0 Å². The molecule has 2 heterocycles. The first-order valence-electron chi connectivity index (χ1n) is 9.69. The number of aromatic nitrogens is 2. The Morgan fingerprint density at radius 1 is 1.23 bits per heavy atom. The second kappa shape index (κ2) is 7.56. The van der Waals surface area contributed by atoms with Crippen LogP contribution in [-0.2, 0) is 0 Å². The van der Waals surface area contributed by atoms with Gasteiger partial charge in [-0.2, -0.15) is 28.4 Å². The molecule has 2 aliphatic rings. The van der Waals surface area contributed by atoms with Crippen molar-refractivity contribution < 1.29 is 32.5 Å². The van der Waals surface area contributed by atoms with Crippen LogP contribution in [0.15, 0.2) is 29.4 Å². The Hall–Kier alpha value is -3.08. The lowest BCUT2D eigenvalue weighted by molar-refractivity contribution is -0.312. The SMILES string of the molecule is COc1ccc(-c2cc(C(=O)N3N=C4CCCC[C@H]4[C@@]3(O)C(F)(F)F)[nH]n2)cc1OC. The first kappa shape index (κ1) is 21.2. The number of nitrogens with one attached hydrogen (secondary N) is 1. The van der Waals surface area contributed by atoms with Crippen molar-refractivity contribution in [1.82, 2.24) is 15.2 Å². The number of carbonyl (C=O) groups is 1. The molecule has 1 amide bonds. The summed E-state index contributed by atoms with van der Waals surface area (Å²) >= 11 is 0. The van der Waals surface area contributed by atoms with E-state index in [4.69, 9.17) is 9.47 Å². The maximum Gasteiger partial charge on any atom is 0.439 e. The summed E-state index contributed by atoms with van der Waals surface area (Å²) in [6, 6.07) is 6.24. The van der Waals surface area contributed by atoms with Gasteiger partial charge in [0.2, 0.25) is 0 Å². The molecule has 0 unspecified atom stereocenters. The molecule has 2 N–H and O–H groups in total. The predicted molar refractivity (Wildman–Crippen MR) is 104 cm³/mol. The predicted octanol–water partition coefficient (Wildman–Crippen LogP) is 3.35. The van der Waals surface area contributed by atoms with Crippen LogP contribution in [0.25, 0.3) is 11.3 Å². The molecule has 1 aromatic carbocycles. The number of hydrogen-bond donors (Lipinski definition) is 2. The third kappa shape index (κ3) is 3.32. The molecule has 2 aromatic rings. The highest BCUT2D eigenvalue weighted by molar-refractivity contribution is 5.99. The zero-order valence-electron chi connectivity index (χ0n) is 16.9. The largest absolute Gasteiger partial charge is 0.493 e. The summed E-state index contributed by atoms with van der Waals surface area (Å²) in [7, 11) is 2.95. The fourth-order valence-electron chi connectivity index (χ4n) is 4.11. The number of aliphatic hydroxyl groups is 1. The second-order valence-electron chi connectivity index (χ2n) is 7.47. The summed E-state index contributed by atoms with van der Waals surface area (Å²) in [6.45, 7) is 0. The van der Waals surface area contributed by atoms with Crippen LogP contribution >= 0.6 is 0 Å². The minimum absolute atomic E-state index is 0.110. The zero-order chi connectivity index (χ0) is 22.4. The van der Waals surface area contributed by atoms with Gasteiger partial charge in [0, 0.05) is 11.3 Å². The number of methoxy groups -OCH3 is 2. The number of H-pyrrole nitrogens is 1. The van der Waals surface area contributed by atoms with Crippen molar-refractivity contribution in [3.63, 3.8) is 0 Å². The fraction of sp³-hybridized carbons (Fsp3) is 0.450. The van der Waals surface area contributed by atoms with Gasteiger partial charge in [0.1, 0.15) is 5.69 Å². The molecule has 0 spiro atoms. The van der Waals surface area contributed by atoms with E-state index in [9.17, 15) is 23.1 Å². The molecule has 0 radical (unpaired) electrons. The van der Waals surface area contributed by atoms with Crippen LogP contribution < -0.4 is 9.47 Å². The number of carbonyl (C=O) groups excluding carboxylic acids is 1. The number of hydrazone groups is 1. The van der Waals surface area contributed by atoms with Gasteiger partial charge in [-0.1, -0.05) is 6.42 Å². The summed E-state index contributed by atoms with van der Waals surface area (Å²) in [6.07, 6.45) is -3.45. The van der Waals surface area contributed by atoms with E-state index in [0.717, 1.165) is 0 Å². The minimum atomic E-state index is -5.07. The number of ether oxygens (including phenoxy) is 2. The highest BCUT2D eigenvalue weighted by Crippen LogP contribution is 2.48. The summed E-state index contributed by atoms with van der Waals surface area (Å²) in [5.74, 6) is -1.46. The van der Waals surface area contributed by atoms with Crippen LogP contribution in [0.1, 0.15) is 36.2 Å². The average Bonchev–Trinajstić information content (AvgIpc) is 3.37. The quantitative estimate of drug-likeness (QED) is 0.763. The summed E-state index contributed by atoms with van der Waals surface area (Å²) < 4.78 is 52.1. The van der Waals surface area contributed by atoms with E-state index in [1.54, 1.807) is 18.2 Å². The van der Waals surface area contributed by atoms with Crippen molar-refractivity contribution in [2.45, 2.75) is 37.6 Å². The molecular formula is C20H21F3N4O4. The van der Waals surface area contributed by atoms with Crippen LogP contribution in [-0.4, -0.2) is 58.1 Å². The number of halogens is 3. The fourth-order valence-corrected chi connectivity index (χ4v) is 4.11. The lowest BCUT2D eigenvalue weighted by Gasteiger charge is -2.37. The van der Waals surface area contributed by atoms with Gasteiger partial charge in [0.05, 0.1) is 25.8 Å². The van der Waals surface area contributed by atoms with Crippen molar-refractivity contribution in [2.24, 2.45) is 11.0 Å². The molecule has 2 atom stereocenters. The molecule has 1 aromatic heterocycles. The maximum absolute atomic E-state index is 13.9. The van der Waals surface area contributed by atoms with Gasteiger partial charge in [-0.25, -0.2) is 0 Å². The van der Waals surface area contributed by atoms with Gasteiger partial charge >= 0.3 is 6.18 Å². The highest BCUT2D eigenvalue weighted by atomic mass is 19.4. The number of hydrogen-bond acceptors (Lipinski definition) is 6. The van der Waals surface area contributed by atoms with Crippen LogP contribution in [0, 0.1) is 5.92 Å². The van der Waals surface area contributed by atoms with Gasteiger partial charge in [-0.15, -0.1) is 0 Å². The van der Waals surface area contributed by atoms with Crippen molar-refractivity contribution in [3.8, 4) is 22.8 Å². The Kier molecular flexibility index (Phi) is 5.16. The van der Waals surface area contributed by atoms with E-state index < -0.39 is 23.7 Å². The molecule has 0 saturated heterocycles. The van der Waals surface area contributed by atoms with Crippen molar-refractivity contribution in [1.29, 1.82) is 0 Å². The second-order valence-corrected chi connectivity index (χ2v) is 7.47. The van der Waals surface area contributed by atoms with E-state index in [2.05, 4.69) is 15.3 Å². The first-order chi connectivity index (χ1) is 14.7. The molecule has 1 fully saturated rings. The lowest BCUT2D eigenvalue weighted by atomic mass is 9.80. The molecule has 11 heteroatoms. The molecule has 1 aliphatic heterocycles. The van der Waals surface area contributed by atoms with Gasteiger partial charge < -0.3 is 14.6 Å². The minimum Gasteiger partial charge on any atom is -0.493 e. The number of nitrogens with zero attached hydrogens (tertiary/aromatic N) is 3. The maximum atomic E-state index is 13.9. The van der Waals surface area contributed by atoms with E-state index in [1.165, 1.54) is 20.3 Å². The zero-order valence-corrected chi connectivity index (χ0v) is 16.9. The Morgan fingerprint density at radius 3 is 2.65 bits per heavy atom. The molecule has 166 valence electrons. The van der Waals surface area contributed by atoms with Crippen molar-refractivity contribution in [3.05, 3.63) is 30.0 Å². The van der Waals surface area contributed by atoms with E-state index in [-0.39, 0.29) is 22.8 Å². The third-order valence-corrected chi connectivity index (χ3v) is 5.71. The number of alkyl halides is 3. The number of fused-ring (bicyclic) bond motifs is 1. The smallest absolute Gasteiger partial charge is 0.439 e. The molecule has 0 bridgehead atoms. The molecule has 8 nitrogen and oxygen atoms in total. The van der Waals surface area contributed by atoms with E-state index >= 15 is 0 Å². The van der Waals surface area contributed by atoms with Crippen molar-refractivity contribution >= 4 is 11.6 Å². The third-order valence-electron chi connectivity index (χ3n) is 5.71. The summed E-state index contributed by atoms with van der Waals surface area (Å²) in [4.78, 5) is 13.0. The molecular weight excluding hydrogens is 417 g/mol. The van der Waals surface area contributed by atoms with Gasteiger partial charge in [-0.3, -0.25) is 9.89 Å². The summed E-state index contributed by atoms with van der Waals surface area (Å²) in [5.41, 5.74) is -2.55. The Morgan fingerprint density at radius 2 is 1.97 bits per heavy atom. The van der Waals surface area contributed by atoms with Crippen LogP contribution in [0.5, 0.6) is 11.5 Å². The average molecular weight is 438 g/mol. The summed E-state index contributed by atoms with van der Waals surface area (Å²) in [5, 5.41) is 21.2. The standard InChI is InChI=1S/C20H21F3N4O4/c1-30-16-8-7-11(9-17(16)31-2)14-10-15(25-24-14)18(28)27-19(29,20(21,22)23)12-5-3-4-6-13(12)26-27/h7-10,12,29H,3-6H2,1-2H3,(H,24,25)/t12-,19-/m1/s1. The van der Waals surface area contributed by atoms with Crippen LogP contribution in [0.4, 0.5) is 13.2 Å².